The third-order valence-electron chi connectivity index (χ3n) is 4.38. The molecule has 0 amide bonds. The number of guanidine groups is 1. The fourth-order valence-electron chi connectivity index (χ4n) is 2.90. The Morgan fingerprint density at radius 2 is 1.78 bits per heavy atom. The number of aliphatic imine (C=N–C) groups is 1. The van der Waals surface area contributed by atoms with Crippen molar-refractivity contribution in [3.05, 3.63) is 77.9 Å². The highest BCUT2D eigenvalue weighted by Crippen LogP contribution is 2.17. The van der Waals surface area contributed by atoms with E-state index in [-0.39, 0.29) is 24.0 Å². The quantitative estimate of drug-likeness (QED) is 0.117. The summed E-state index contributed by atoms with van der Waals surface area (Å²) >= 11 is 0. The lowest BCUT2D eigenvalue weighted by atomic mass is 10.1. The zero-order valence-corrected chi connectivity index (χ0v) is 21.5. The highest BCUT2D eigenvalue weighted by atomic mass is 127. The normalized spacial score (nSPS) is 10.9. The molecule has 6 nitrogen and oxygen atoms in total. The predicted octanol–water partition coefficient (Wildman–Crippen LogP) is 4.68. The molecule has 0 heterocycles. The average Bonchev–Trinajstić information content (AvgIpc) is 2.80. The lowest BCUT2D eigenvalue weighted by Crippen LogP contribution is -2.36. The van der Waals surface area contributed by atoms with Crippen LogP contribution in [0.25, 0.3) is 0 Å². The van der Waals surface area contributed by atoms with Crippen LogP contribution in [0.1, 0.15) is 30.5 Å². The van der Waals surface area contributed by atoms with E-state index in [4.69, 9.17) is 19.2 Å². The molecule has 0 aliphatic heterocycles. The van der Waals surface area contributed by atoms with E-state index in [0.717, 1.165) is 34.9 Å². The van der Waals surface area contributed by atoms with Crippen molar-refractivity contribution < 1.29 is 14.2 Å². The molecule has 0 saturated carbocycles. The van der Waals surface area contributed by atoms with Gasteiger partial charge in [-0.2, -0.15) is 0 Å². The SMILES string of the molecule is C=CCOc1ccccc1CNC(=NCc1cccc(COCCOCC)c1)NCC.I. The van der Waals surface area contributed by atoms with Gasteiger partial charge in [-0.15, -0.1) is 24.0 Å². The van der Waals surface area contributed by atoms with Crippen LogP contribution in [0.4, 0.5) is 0 Å². The summed E-state index contributed by atoms with van der Waals surface area (Å²) in [7, 11) is 0. The Hall–Kier alpha value is -2.10. The number of hydrogen-bond acceptors (Lipinski definition) is 4. The van der Waals surface area contributed by atoms with Crippen LogP contribution in [0.3, 0.4) is 0 Å². The fourth-order valence-corrected chi connectivity index (χ4v) is 2.90. The third kappa shape index (κ3) is 11.0. The van der Waals surface area contributed by atoms with Crippen molar-refractivity contribution in [2.75, 3.05) is 33.0 Å². The minimum atomic E-state index is 0. The van der Waals surface area contributed by atoms with Gasteiger partial charge < -0.3 is 24.8 Å². The van der Waals surface area contributed by atoms with Gasteiger partial charge in [0, 0.05) is 25.3 Å². The smallest absolute Gasteiger partial charge is 0.191 e. The third-order valence-corrected chi connectivity index (χ3v) is 4.38. The number of para-hydroxylation sites is 1. The first-order chi connectivity index (χ1) is 15.3. The molecule has 2 aromatic rings. The molecular weight excluding hydrogens is 517 g/mol. The van der Waals surface area contributed by atoms with Gasteiger partial charge in [-0.1, -0.05) is 55.1 Å². The summed E-state index contributed by atoms with van der Waals surface area (Å²) in [6.45, 7) is 12.7. The molecule has 0 bridgehead atoms. The number of rotatable bonds is 14. The second-order valence-electron chi connectivity index (χ2n) is 6.83. The van der Waals surface area contributed by atoms with E-state index >= 15 is 0 Å². The van der Waals surface area contributed by atoms with Crippen LogP contribution in [-0.4, -0.2) is 38.9 Å². The van der Waals surface area contributed by atoms with Crippen LogP contribution < -0.4 is 15.4 Å². The van der Waals surface area contributed by atoms with Gasteiger partial charge in [0.05, 0.1) is 26.4 Å². The van der Waals surface area contributed by atoms with Gasteiger partial charge >= 0.3 is 0 Å². The van der Waals surface area contributed by atoms with Crippen molar-refractivity contribution in [1.82, 2.24) is 10.6 Å². The zero-order chi connectivity index (χ0) is 22.2. The molecule has 2 rings (SSSR count). The number of benzene rings is 2. The van der Waals surface area contributed by atoms with Gasteiger partial charge in [-0.3, -0.25) is 0 Å². The molecule has 7 heteroatoms. The summed E-state index contributed by atoms with van der Waals surface area (Å²) in [6.07, 6.45) is 1.74. The summed E-state index contributed by atoms with van der Waals surface area (Å²) < 4.78 is 16.7. The Bertz CT molecular complexity index is 815. The van der Waals surface area contributed by atoms with Gasteiger partial charge in [0.2, 0.25) is 0 Å². The Kier molecular flexibility index (Phi) is 15.2. The van der Waals surface area contributed by atoms with Crippen LogP contribution in [0, 0.1) is 0 Å². The summed E-state index contributed by atoms with van der Waals surface area (Å²) in [6, 6.07) is 16.3. The molecule has 0 saturated heterocycles. The molecule has 0 atom stereocenters. The number of nitrogens with zero attached hydrogens (tertiary/aromatic N) is 1. The van der Waals surface area contributed by atoms with Crippen molar-refractivity contribution in [3.8, 4) is 5.75 Å². The Morgan fingerprint density at radius 3 is 2.56 bits per heavy atom. The molecular formula is C25H36IN3O3. The molecule has 0 fully saturated rings. The first-order valence-corrected chi connectivity index (χ1v) is 10.8. The predicted molar refractivity (Wildman–Crippen MR) is 142 cm³/mol. The van der Waals surface area contributed by atoms with E-state index in [2.05, 4.69) is 42.3 Å². The van der Waals surface area contributed by atoms with E-state index in [1.807, 2.05) is 37.3 Å². The number of hydrogen-bond donors (Lipinski definition) is 2. The van der Waals surface area contributed by atoms with E-state index in [0.29, 0.717) is 46.1 Å². The molecule has 0 unspecified atom stereocenters. The molecule has 0 aliphatic carbocycles. The van der Waals surface area contributed by atoms with Crippen molar-refractivity contribution >= 4 is 29.9 Å². The van der Waals surface area contributed by atoms with Crippen molar-refractivity contribution in [2.24, 2.45) is 4.99 Å². The summed E-state index contributed by atoms with van der Waals surface area (Å²) in [5.74, 6) is 1.61. The zero-order valence-electron chi connectivity index (χ0n) is 19.1. The average molecular weight is 553 g/mol. The van der Waals surface area contributed by atoms with Crippen LogP contribution in [0.5, 0.6) is 5.75 Å². The molecule has 0 radical (unpaired) electrons. The lowest BCUT2D eigenvalue weighted by molar-refractivity contribution is 0.0453. The summed E-state index contributed by atoms with van der Waals surface area (Å²) in [5.41, 5.74) is 3.34. The molecule has 0 aromatic heterocycles. The Morgan fingerprint density at radius 1 is 1.00 bits per heavy atom. The maximum absolute atomic E-state index is 5.74. The molecule has 2 aromatic carbocycles. The Labute approximate surface area is 209 Å². The maximum atomic E-state index is 5.74. The van der Waals surface area contributed by atoms with Crippen LogP contribution in [0.2, 0.25) is 0 Å². The second-order valence-corrected chi connectivity index (χ2v) is 6.83. The number of halogens is 1. The lowest BCUT2D eigenvalue weighted by Gasteiger charge is -2.14. The monoisotopic (exact) mass is 553 g/mol. The van der Waals surface area contributed by atoms with E-state index in [1.165, 1.54) is 0 Å². The van der Waals surface area contributed by atoms with Crippen LogP contribution in [0.15, 0.2) is 66.2 Å². The van der Waals surface area contributed by atoms with E-state index in [9.17, 15) is 0 Å². The van der Waals surface area contributed by atoms with Crippen molar-refractivity contribution in [2.45, 2.75) is 33.5 Å². The minimum Gasteiger partial charge on any atom is -0.489 e. The van der Waals surface area contributed by atoms with E-state index < -0.39 is 0 Å². The molecule has 0 spiro atoms. The number of ether oxygens (including phenoxy) is 3. The molecule has 0 aliphatic rings. The second kappa shape index (κ2) is 17.5. The van der Waals surface area contributed by atoms with Gasteiger partial charge in [-0.05, 0) is 31.0 Å². The standard InChI is InChI=1S/C25H35N3O3.HI/c1-4-14-31-24-13-8-7-12-23(24)19-28-25(26-5-2)27-18-21-10-9-11-22(17-21)20-30-16-15-29-6-3;/h4,7-13,17H,1,5-6,14-16,18-20H2,2-3H3,(H2,26,27,28);1H. The topological polar surface area (TPSA) is 64.1 Å². The first-order valence-electron chi connectivity index (χ1n) is 10.8. The van der Waals surface area contributed by atoms with Crippen LogP contribution in [-0.2, 0) is 29.2 Å². The van der Waals surface area contributed by atoms with Gasteiger partial charge in [-0.25, -0.2) is 4.99 Å². The Balaban J connectivity index is 0.00000512. The summed E-state index contributed by atoms with van der Waals surface area (Å²) in [5, 5.41) is 6.68. The fraction of sp³-hybridized carbons (Fsp3) is 0.400. The summed E-state index contributed by atoms with van der Waals surface area (Å²) in [4.78, 5) is 4.73. The molecule has 176 valence electrons. The molecule has 32 heavy (non-hydrogen) atoms. The largest absolute Gasteiger partial charge is 0.489 e. The maximum Gasteiger partial charge on any atom is 0.191 e. The molecule has 2 N–H and O–H groups in total. The highest BCUT2D eigenvalue weighted by Gasteiger charge is 2.04. The van der Waals surface area contributed by atoms with Crippen molar-refractivity contribution in [3.63, 3.8) is 0 Å². The minimum absolute atomic E-state index is 0. The van der Waals surface area contributed by atoms with E-state index in [1.54, 1.807) is 6.08 Å². The van der Waals surface area contributed by atoms with Gasteiger partial charge in [0.25, 0.3) is 0 Å². The number of nitrogens with one attached hydrogen (secondary N) is 2. The first kappa shape index (κ1) is 27.9. The van der Waals surface area contributed by atoms with Gasteiger partial charge in [0.1, 0.15) is 12.4 Å². The van der Waals surface area contributed by atoms with Crippen LogP contribution >= 0.6 is 24.0 Å². The van der Waals surface area contributed by atoms with Crippen molar-refractivity contribution in [1.29, 1.82) is 0 Å². The van der Waals surface area contributed by atoms with Gasteiger partial charge in [0.15, 0.2) is 5.96 Å². The highest BCUT2D eigenvalue weighted by molar-refractivity contribution is 14.0.